The Morgan fingerprint density at radius 3 is 2.46 bits per heavy atom. The lowest BCUT2D eigenvalue weighted by atomic mass is 10.2. The average Bonchev–Trinajstić information content (AvgIpc) is 3.24. The SMILES string of the molecule is CCN(CC)c1ccc(/C=c2/sc3nc(-c4ccccc4Br)nn3c2=O)cc1. The first-order chi connectivity index (χ1) is 13.6. The molecule has 0 N–H and O–H groups in total. The Morgan fingerprint density at radius 1 is 1.11 bits per heavy atom. The number of anilines is 1. The zero-order valence-corrected chi connectivity index (χ0v) is 18.0. The molecule has 0 unspecified atom stereocenters. The monoisotopic (exact) mass is 454 g/mol. The number of rotatable bonds is 5. The molecule has 0 saturated carbocycles. The van der Waals surface area contributed by atoms with Crippen LogP contribution in [-0.2, 0) is 0 Å². The summed E-state index contributed by atoms with van der Waals surface area (Å²) in [5.74, 6) is 0.547. The minimum atomic E-state index is -0.140. The van der Waals surface area contributed by atoms with Gasteiger partial charge in [0.2, 0.25) is 4.96 Å². The van der Waals surface area contributed by atoms with Crippen molar-refractivity contribution < 1.29 is 0 Å². The Labute approximate surface area is 175 Å². The molecule has 0 atom stereocenters. The van der Waals surface area contributed by atoms with Crippen LogP contribution in [0.25, 0.3) is 22.4 Å². The van der Waals surface area contributed by atoms with E-state index in [1.165, 1.54) is 21.5 Å². The minimum absolute atomic E-state index is 0.140. The topological polar surface area (TPSA) is 50.5 Å². The summed E-state index contributed by atoms with van der Waals surface area (Å²) >= 11 is 4.86. The van der Waals surface area contributed by atoms with Gasteiger partial charge in [-0.3, -0.25) is 4.79 Å². The van der Waals surface area contributed by atoms with E-state index in [9.17, 15) is 4.79 Å². The molecule has 2 aromatic heterocycles. The molecule has 7 heteroatoms. The number of nitrogens with zero attached hydrogens (tertiary/aromatic N) is 4. The summed E-state index contributed by atoms with van der Waals surface area (Å²) in [6, 6.07) is 16.0. The Bertz CT molecular complexity index is 1230. The molecule has 2 heterocycles. The Kier molecular flexibility index (Phi) is 5.28. The van der Waals surface area contributed by atoms with E-state index in [2.05, 4.69) is 56.9 Å². The second-order valence-electron chi connectivity index (χ2n) is 6.29. The van der Waals surface area contributed by atoms with Gasteiger partial charge in [0, 0.05) is 28.8 Å². The fraction of sp³-hybridized carbons (Fsp3) is 0.190. The minimum Gasteiger partial charge on any atom is -0.372 e. The van der Waals surface area contributed by atoms with Crippen LogP contribution in [0.4, 0.5) is 5.69 Å². The predicted octanol–water partition coefficient (Wildman–Crippen LogP) is 3.97. The zero-order valence-electron chi connectivity index (χ0n) is 15.6. The van der Waals surface area contributed by atoms with Crippen LogP contribution in [0.3, 0.4) is 0 Å². The molecular weight excluding hydrogens is 436 g/mol. The third-order valence-electron chi connectivity index (χ3n) is 4.62. The largest absolute Gasteiger partial charge is 0.372 e. The second-order valence-corrected chi connectivity index (χ2v) is 8.15. The molecule has 28 heavy (non-hydrogen) atoms. The van der Waals surface area contributed by atoms with Gasteiger partial charge in [0.15, 0.2) is 5.82 Å². The van der Waals surface area contributed by atoms with E-state index >= 15 is 0 Å². The van der Waals surface area contributed by atoms with E-state index in [1.54, 1.807) is 0 Å². The Morgan fingerprint density at radius 2 is 1.82 bits per heavy atom. The Hall–Kier alpha value is -2.51. The number of benzene rings is 2. The van der Waals surface area contributed by atoms with E-state index in [0.717, 1.165) is 28.7 Å². The smallest absolute Gasteiger partial charge is 0.291 e. The van der Waals surface area contributed by atoms with Crippen molar-refractivity contribution in [2.24, 2.45) is 0 Å². The van der Waals surface area contributed by atoms with Gasteiger partial charge in [-0.05, 0) is 49.8 Å². The highest BCUT2D eigenvalue weighted by molar-refractivity contribution is 9.10. The van der Waals surface area contributed by atoms with Crippen molar-refractivity contribution in [2.75, 3.05) is 18.0 Å². The lowest BCUT2D eigenvalue weighted by molar-refractivity contribution is 0.866. The van der Waals surface area contributed by atoms with Crippen molar-refractivity contribution in [3.05, 3.63) is 73.5 Å². The van der Waals surface area contributed by atoms with Crippen molar-refractivity contribution in [1.29, 1.82) is 0 Å². The summed E-state index contributed by atoms with van der Waals surface area (Å²) in [6.45, 7) is 6.23. The number of halogens is 1. The molecule has 4 rings (SSSR count). The fourth-order valence-electron chi connectivity index (χ4n) is 3.11. The normalized spacial score (nSPS) is 12.0. The number of fused-ring (bicyclic) bond motifs is 1. The number of hydrogen-bond acceptors (Lipinski definition) is 5. The first-order valence-corrected chi connectivity index (χ1v) is 10.7. The van der Waals surface area contributed by atoms with Gasteiger partial charge in [0.1, 0.15) is 0 Å². The third-order valence-corrected chi connectivity index (χ3v) is 6.27. The van der Waals surface area contributed by atoms with Crippen LogP contribution in [0.2, 0.25) is 0 Å². The first-order valence-electron chi connectivity index (χ1n) is 9.12. The average molecular weight is 455 g/mol. The summed E-state index contributed by atoms with van der Waals surface area (Å²) in [5.41, 5.74) is 2.91. The molecule has 0 aliphatic heterocycles. The highest BCUT2D eigenvalue weighted by atomic mass is 79.9. The molecule has 0 fully saturated rings. The van der Waals surface area contributed by atoms with Crippen LogP contribution in [0.5, 0.6) is 0 Å². The number of thiazole rings is 1. The van der Waals surface area contributed by atoms with Crippen LogP contribution in [0, 0.1) is 0 Å². The summed E-state index contributed by atoms with van der Waals surface area (Å²) in [6.07, 6.45) is 1.90. The van der Waals surface area contributed by atoms with Gasteiger partial charge >= 0.3 is 0 Å². The molecule has 0 amide bonds. The van der Waals surface area contributed by atoms with Gasteiger partial charge in [-0.2, -0.15) is 9.50 Å². The molecule has 0 saturated heterocycles. The van der Waals surface area contributed by atoms with E-state index < -0.39 is 0 Å². The zero-order chi connectivity index (χ0) is 19.7. The van der Waals surface area contributed by atoms with Gasteiger partial charge in [-0.25, -0.2) is 0 Å². The van der Waals surface area contributed by atoms with E-state index in [4.69, 9.17) is 0 Å². The molecule has 2 aromatic carbocycles. The summed E-state index contributed by atoms with van der Waals surface area (Å²) in [7, 11) is 0. The molecule has 4 aromatic rings. The fourth-order valence-corrected chi connectivity index (χ4v) is 4.48. The summed E-state index contributed by atoms with van der Waals surface area (Å²) in [5, 5.41) is 4.41. The highest BCUT2D eigenvalue weighted by Gasteiger charge is 2.13. The van der Waals surface area contributed by atoms with Gasteiger partial charge in [0.25, 0.3) is 5.56 Å². The van der Waals surface area contributed by atoms with Crippen molar-refractivity contribution in [2.45, 2.75) is 13.8 Å². The number of hydrogen-bond donors (Lipinski definition) is 0. The molecule has 0 radical (unpaired) electrons. The number of aromatic nitrogens is 3. The van der Waals surface area contributed by atoms with Crippen LogP contribution in [0.15, 0.2) is 57.8 Å². The molecular formula is C21H19BrN4OS. The standard InChI is InChI=1S/C21H19BrN4OS/c1-3-25(4-2)15-11-9-14(10-12-15)13-18-20(27)26-21(28-18)23-19(24-26)16-7-5-6-8-17(16)22/h5-13H,3-4H2,1-2H3/b18-13+. The van der Waals surface area contributed by atoms with Gasteiger partial charge < -0.3 is 4.90 Å². The van der Waals surface area contributed by atoms with Gasteiger partial charge in [-0.1, -0.05) is 51.5 Å². The van der Waals surface area contributed by atoms with Crippen LogP contribution >= 0.6 is 27.3 Å². The van der Waals surface area contributed by atoms with Crippen molar-refractivity contribution >= 4 is 44.0 Å². The molecule has 0 aliphatic rings. The highest BCUT2D eigenvalue weighted by Crippen LogP contribution is 2.25. The van der Waals surface area contributed by atoms with Crippen LogP contribution < -0.4 is 15.0 Å². The maximum Gasteiger partial charge on any atom is 0.291 e. The van der Waals surface area contributed by atoms with E-state index in [-0.39, 0.29) is 5.56 Å². The maximum atomic E-state index is 12.7. The van der Waals surface area contributed by atoms with Crippen LogP contribution in [0.1, 0.15) is 19.4 Å². The molecule has 0 spiro atoms. The van der Waals surface area contributed by atoms with Gasteiger partial charge in [0.05, 0.1) is 4.53 Å². The second kappa shape index (κ2) is 7.85. The van der Waals surface area contributed by atoms with Gasteiger partial charge in [-0.15, -0.1) is 5.10 Å². The van der Waals surface area contributed by atoms with E-state index in [1.807, 2.05) is 42.5 Å². The van der Waals surface area contributed by atoms with Crippen molar-refractivity contribution in [3.63, 3.8) is 0 Å². The molecule has 142 valence electrons. The van der Waals surface area contributed by atoms with Crippen LogP contribution in [-0.4, -0.2) is 27.7 Å². The first kappa shape index (κ1) is 18.8. The predicted molar refractivity (Wildman–Crippen MR) is 119 cm³/mol. The lowest BCUT2D eigenvalue weighted by Gasteiger charge is -2.20. The van der Waals surface area contributed by atoms with Crippen molar-refractivity contribution in [3.8, 4) is 11.4 Å². The summed E-state index contributed by atoms with van der Waals surface area (Å²) in [4.78, 5) is 20.2. The Balaban J connectivity index is 1.70. The third kappa shape index (κ3) is 3.47. The maximum absolute atomic E-state index is 12.7. The quantitative estimate of drug-likeness (QED) is 0.457. The molecule has 0 aliphatic carbocycles. The summed E-state index contributed by atoms with van der Waals surface area (Å²) < 4.78 is 2.92. The molecule has 5 nitrogen and oxygen atoms in total. The lowest BCUT2D eigenvalue weighted by Crippen LogP contribution is -2.23. The molecule has 0 bridgehead atoms. The van der Waals surface area contributed by atoms with E-state index in [0.29, 0.717) is 15.3 Å². The van der Waals surface area contributed by atoms with Crippen molar-refractivity contribution in [1.82, 2.24) is 14.6 Å².